The molecule has 1 aromatic carbocycles. The molecule has 1 amide bonds. The molecule has 1 aromatic rings. The molecule has 0 bridgehead atoms. The standard InChI is InChI=1S/C11H17N3O2/c1-14(2)11(16)10(15)7-13-9-5-3-8(12)4-6-9/h3-6,10,13,15H,7,12H2,1-2H3. The molecule has 5 heteroatoms. The van der Waals surface area contributed by atoms with E-state index in [9.17, 15) is 9.90 Å². The molecule has 0 fully saturated rings. The summed E-state index contributed by atoms with van der Waals surface area (Å²) in [6, 6.07) is 7.09. The van der Waals surface area contributed by atoms with Gasteiger partial charge in [-0.3, -0.25) is 4.79 Å². The summed E-state index contributed by atoms with van der Waals surface area (Å²) >= 11 is 0. The van der Waals surface area contributed by atoms with Gasteiger partial charge in [0.05, 0.1) is 0 Å². The predicted octanol–water partition coefficient (Wildman–Crippen LogP) is 0.130. The maximum absolute atomic E-state index is 11.3. The Morgan fingerprint density at radius 1 is 1.44 bits per heavy atom. The van der Waals surface area contributed by atoms with Crippen LogP contribution in [0.5, 0.6) is 0 Å². The Kier molecular flexibility index (Phi) is 4.13. The smallest absolute Gasteiger partial charge is 0.252 e. The van der Waals surface area contributed by atoms with Crippen LogP contribution < -0.4 is 11.1 Å². The minimum atomic E-state index is -1.03. The molecular weight excluding hydrogens is 206 g/mol. The maximum atomic E-state index is 11.3. The van der Waals surface area contributed by atoms with Crippen molar-refractivity contribution in [2.75, 3.05) is 31.7 Å². The molecule has 1 unspecified atom stereocenters. The molecule has 0 heterocycles. The first kappa shape index (κ1) is 12.3. The number of nitrogens with two attached hydrogens (primary N) is 1. The van der Waals surface area contributed by atoms with Gasteiger partial charge in [0.2, 0.25) is 0 Å². The number of hydrogen-bond donors (Lipinski definition) is 3. The molecule has 1 atom stereocenters. The topological polar surface area (TPSA) is 78.6 Å². The summed E-state index contributed by atoms with van der Waals surface area (Å²) in [5.41, 5.74) is 7.03. The molecule has 0 aliphatic heterocycles. The second-order valence-electron chi connectivity index (χ2n) is 3.75. The Labute approximate surface area is 94.9 Å². The number of carbonyl (C=O) groups is 1. The largest absolute Gasteiger partial charge is 0.399 e. The number of likely N-dealkylation sites (N-methyl/N-ethyl adjacent to an activating group) is 1. The van der Waals surface area contributed by atoms with Crippen molar-refractivity contribution in [1.82, 2.24) is 4.90 Å². The molecule has 0 saturated carbocycles. The van der Waals surface area contributed by atoms with Crippen LogP contribution in [-0.4, -0.2) is 42.7 Å². The summed E-state index contributed by atoms with van der Waals surface area (Å²) in [5, 5.41) is 12.5. The number of aliphatic hydroxyl groups excluding tert-OH is 1. The van der Waals surface area contributed by atoms with Gasteiger partial charge in [-0.05, 0) is 24.3 Å². The SMILES string of the molecule is CN(C)C(=O)C(O)CNc1ccc(N)cc1. The molecule has 0 aliphatic carbocycles. The van der Waals surface area contributed by atoms with E-state index in [0.717, 1.165) is 5.69 Å². The number of carbonyl (C=O) groups excluding carboxylic acids is 1. The summed E-state index contributed by atoms with van der Waals surface area (Å²) in [7, 11) is 3.21. The Hall–Kier alpha value is -1.75. The number of nitrogens with one attached hydrogen (secondary N) is 1. The Balaban J connectivity index is 2.45. The van der Waals surface area contributed by atoms with Crippen LogP contribution in [0.4, 0.5) is 11.4 Å². The van der Waals surface area contributed by atoms with Gasteiger partial charge >= 0.3 is 0 Å². The van der Waals surface area contributed by atoms with Gasteiger partial charge < -0.3 is 21.1 Å². The number of nitrogen functional groups attached to an aromatic ring is 1. The number of rotatable bonds is 4. The molecule has 5 nitrogen and oxygen atoms in total. The zero-order chi connectivity index (χ0) is 12.1. The van der Waals surface area contributed by atoms with Crippen molar-refractivity contribution < 1.29 is 9.90 Å². The first-order valence-corrected chi connectivity index (χ1v) is 4.99. The summed E-state index contributed by atoms with van der Waals surface area (Å²) in [6.45, 7) is 0.181. The summed E-state index contributed by atoms with van der Waals surface area (Å²) in [4.78, 5) is 12.7. The van der Waals surface area contributed by atoms with Crippen LogP contribution in [-0.2, 0) is 4.79 Å². The summed E-state index contributed by atoms with van der Waals surface area (Å²) < 4.78 is 0. The highest BCUT2D eigenvalue weighted by molar-refractivity contribution is 5.80. The minimum Gasteiger partial charge on any atom is -0.399 e. The molecule has 16 heavy (non-hydrogen) atoms. The molecule has 0 aromatic heterocycles. The van der Waals surface area contributed by atoms with Crippen LogP contribution in [0.1, 0.15) is 0 Å². The van der Waals surface area contributed by atoms with Crippen LogP contribution in [0.25, 0.3) is 0 Å². The summed E-state index contributed by atoms with van der Waals surface area (Å²) in [6.07, 6.45) is -1.03. The molecule has 4 N–H and O–H groups in total. The lowest BCUT2D eigenvalue weighted by Gasteiger charge is -2.16. The third-order valence-corrected chi connectivity index (χ3v) is 2.14. The third kappa shape index (κ3) is 3.43. The highest BCUT2D eigenvalue weighted by Crippen LogP contribution is 2.10. The minimum absolute atomic E-state index is 0.181. The number of benzene rings is 1. The van der Waals surface area contributed by atoms with E-state index in [2.05, 4.69) is 5.32 Å². The zero-order valence-electron chi connectivity index (χ0n) is 9.47. The number of amides is 1. The van der Waals surface area contributed by atoms with Crippen LogP contribution in [0.2, 0.25) is 0 Å². The predicted molar refractivity (Wildman–Crippen MR) is 64.0 cm³/mol. The fraction of sp³-hybridized carbons (Fsp3) is 0.364. The van der Waals surface area contributed by atoms with E-state index in [4.69, 9.17) is 5.73 Å². The third-order valence-electron chi connectivity index (χ3n) is 2.14. The van der Waals surface area contributed by atoms with Crippen LogP contribution >= 0.6 is 0 Å². The van der Waals surface area contributed by atoms with Crippen molar-refractivity contribution >= 4 is 17.3 Å². The van der Waals surface area contributed by atoms with Gasteiger partial charge in [-0.25, -0.2) is 0 Å². The Morgan fingerprint density at radius 2 is 2.00 bits per heavy atom. The van der Waals surface area contributed by atoms with Crippen LogP contribution in [0.15, 0.2) is 24.3 Å². The number of aliphatic hydroxyl groups is 1. The van der Waals surface area contributed by atoms with Crippen LogP contribution in [0.3, 0.4) is 0 Å². The van der Waals surface area contributed by atoms with E-state index in [1.165, 1.54) is 4.90 Å². The van der Waals surface area contributed by atoms with Gasteiger partial charge in [-0.1, -0.05) is 0 Å². The monoisotopic (exact) mass is 223 g/mol. The molecular formula is C11H17N3O2. The van der Waals surface area contributed by atoms with E-state index >= 15 is 0 Å². The number of hydrogen-bond acceptors (Lipinski definition) is 4. The van der Waals surface area contributed by atoms with E-state index in [-0.39, 0.29) is 12.5 Å². The molecule has 0 aliphatic rings. The van der Waals surface area contributed by atoms with Gasteiger partial charge in [0, 0.05) is 32.0 Å². The molecule has 0 spiro atoms. The van der Waals surface area contributed by atoms with E-state index in [1.54, 1.807) is 38.4 Å². The average Bonchev–Trinajstić information content (AvgIpc) is 2.26. The normalized spacial score (nSPS) is 11.9. The van der Waals surface area contributed by atoms with Crippen molar-refractivity contribution in [3.8, 4) is 0 Å². The lowest BCUT2D eigenvalue weighted by atomic mass is 10.2. The van der Waals surface area contributed by atoms with Gasteiger partial charge in [-0.2, -0.15) is 0 Å². The molecule has 1 rings (SSSR count). The molecule has 88 valence electrons. The van der Waals surface area contributed by atoms with E-state index < -0.39 is 6.10 Å². The van der Waals surface area contributed by atoms with Crippen LogP contribution in [0, 0.1) is 0 Å². The first-order valence-electron chi connectivity index (χ1n) is 4.99. The highest BCUT2D eigenvalue weighted by Gasteiger charge is 2.15. The van der Waals surface area contributed by atoms with Gasteiger partial charge in [0.15, 0.2) is 0 Å². The maximum Gasteiger partial charge on any atom is 0.252 e. The highest BCUT2D eigenvalue weighted by atomic mass is 16.3. The fourth-order valence-electron chi connectivity index (χ4n) is 1.20. The summed E-state index contributed by atoms with van der Waals surface area (Å²) in [5.74, 6) is -0.317. The second kappa shape index (κ2) is 5.37. The first-order chi connectivity index (χ1) is 7.50. The van der Waals surface area contributed by atoms with Gasteiger partial charge in [0.1, 0.15) is 6.10 Å². The molecule has 0 radical (unpaired) electrons. The van der Waals surface area contributed by atoms with Crippen molar-refractivity contribution in [2.24, 2.45) is 0 Å². The van der Waals surface area contributed by atoms with Gasteiger partial charge in [-0.15, -0.1) is 0 Å². The van der Waals surface area contributed by atoms with E-state index in [0.29, 0.717) is 5.69 Å². The van der Waals surface area contributed by atoms with Crippen molar-refractivity contribution in [3.05, 3.63) is 24.3 Å². The van der Waals surface area contributed by atoms with E-state index in [1.807, 2.05) is 0 Å². The molecule has 0 saturated heterocycles. The van der Waals surface area contributed by atoms with Gasteiger partial charge in [0.25, 0.3) is 5.91 Å². The average molecular weight is 223 g/mol. The Bertz CT molecular complexity index is 349. The second-order valence-corrected chi connectivity index (χ2v) is 3.75. The van der Waals surface area contributed by atoms with Crippen molar-refractivity contribution in [1.29, 1.82) is 0 Å². The number of anilines is 2. The van der Waals surface area contributed by atoms with Crippen molar-refractivity contribution in [2.45, 2.75) is 6.10 Å². The Morgan fingerprint density at radius 3 is 2.50 bits per heavy atom. The van der Waals surface area contributed by atoms with Crippen molar-refractivity contribution in [3.63, 3.8) is 0 Å². The number of nitrogens with zero attached hydrogens (tertiary/aromatic N) is 1. The fourth-order valence-corrected chi connectivity index (χ4v) is 1.20. The zero-order valence-corrected chi connectivity index (χ0v) is 9.47. The lowest BCUT2D eigenvalue weighted by Crippen LogP contribution is -2.37. The quantitative estimate of drug-likeness (QED) is 0.634. The lowest BCUT2D eigenvalue weighted by molar-refractivity contribution is -0.136.